The zero-order valence-electron chi connectivity index (χ0n) is 14.1. The Morgan fingerprint density at radius 1 is 1.12 bits per heavy atom. The lowest BCUT2D eigenvalue weighted by Gasteiger charge is -2.26. The number of rotatable bonds is 6. The number of phenolic OH excluding ortho intramolecular Hbond substituents is 1. The van der Waals surface area contributed by atoms with Gasteiger partial charge in [-0.2, -0.15) is 0 Å². The number of aromatic hydroxyl groups is 1. The first-order valence-corrected chi connectivity index (χ1v) is 9.36. The predicted octanol–water partition coefficient (Wildman–Crippen LogP) is 0.935. The summed E-state index contributed by atoms with van der Waals surface area (Å²) >= 11 is 1.57. The predicted molar refractivity (Wildman–Crippen MR) is 102 cm³/mol. The van der Waals surface area contributed by atoms with Crippen LogP contribution in [0.25, 0.3) is 0 Å². The van der Waals surface area contributed by atoms with Crippen molar-refractivity contribution in [1.82, 2.24) is 20.2 Å². The van der Waals surface area contributed by atoms with E-state index in [-0.39, 0.29) is 5.75 Å². The Morgan fingerprint density at radius 2 is 1.80 bits per heavy atom. The number of hydrogen-bond acceptors (Lipinski definition) is 8. The van der Waals surface area contributed by atoms with E-state index in [2.05, 4.69) is 20.2 Å². The Bertz CT molecular complexity index is 697. The highest BCUT2D eigenvalue weighted by molar-refractivity contribution is 7.99. The molecule has 1 aromatic carbocycles. The van der Waals surface area contributed by atoms with E-state index in [1.54, 1.807) is 23.9 Å². The number of hydrogen-bond donors (Lipinski definition) is 4. The summed E-state index contributed by atoms with van der Waals surface area (Å²) in [6.45, 7) is 5.23. The van der Waals surface area contributed by atoms with Crippen molar-refractivity contribution in [3.63, 3.8) is 0 Å². The monoisotopic (exact) mass is 360 g/mol. The summed E-state index contributed by atoms with van der Waals surface area (Å²) in [6, 6.07) is 7.12. The summed E-state index contributed by atoms with van der Waals surface area (Å²) in [4.78, 5) is 11.2. The molecule has 0 spiro atoms. The van der Waals surface area contributed by atoms with E-state index >= 15 is 0 Å². The zero-order chi connectivity index (χ0) is 17.6. The molecule has 0 unspecified atom stereocenters. The summed E-state index contributed by atoms with van der Waals surface area (Å²) in [5.41, 5.74) is 13.6. The van der Waals surface area contributed by atoms with Gasteiger partial charge in [-0.05, 0) is 11.6 Å². The van der Waals surface area contributed by atoms with Crippen molar-refractivity contribution in [2.75, 3.05) is 49.9 Å². The van der Waals surface area contributed by atoms with Crippen LogP contribution < -0.4 is 16.8 Å². The maximum absolute atomic E-state index is 9.91. The number of para-hydroxylation sites is 1. The summed E-state index contributed by atoms with van der Waals surface area (Å²) in [7, 11) is 0. The molecular weight excluding hydrogens is 336 g/mol. The second kappa shape index (κ2) is 8.37. The maximum atomic E-state index is 9.91. The number of anilines is 2. The van der Waals surface area contributed by atoms with Crippen LogP contribution in [0.2, 0.25) is 0 Å². The molecule has 1 saturated heterocycles. The van der Waals surface area contributed by atoms with E-state index in [9.17, 15) is 5.11 Å². The van der Waals surface area contributed by atoms with Gasteiger partial charge in [-0.25, -0.2) is 9.97 Å². The second-order valence-electron chi connectivity index (χ2n) is 6.00. The van der Waals surface area contributed by atoms with Gasteiger partial charge in [0.15, 0.2) is 5.16 Å². The average Bonchev–Trinajstić information content (AvgIpc) is 2.60. The number of nitrogens with zero attached hydrogens (tertiary/aromatic N) is 3. The van der Waals surface area contributed by atoms with Crippen molar-refractivity contribution in [3.05, 3.63) is 35.4 Å². The number of phenols is 1. The second-order valence-corrected chi connectivity index (χ2v) is 7.06. The molecule has 7 nitrogen and oxygen atoms in total. The van der Waals surface area contributed by atoms with E-state index in [1.165, 1.54) is 0 Å². The van der Waals surface area contributed by atoms with Crippen molar-refractivity contribution >= 4 is 23.4 Å². The van der Waals surface area contributed by atoms with Crippen molar-refractivity contribution in [2.24, 2.45) is 0 Å². The highest BCUT2D eigenvalue weighted by atomic mass is 32.2. The van der Waals surface area contributed by atoms with Gasteiger partial charge in [0, 0.05) is 50.5 Å². The Labute approximate surface area is 151 Å². The molecule has 2 aromatic rings. The van der Waals surface area contributed by atoms with E-state index in [0.717, 1.165) is 44.0 Å². The largest absolute Gasteiger partial charge is 0.508 e. The molecule has 6 N–H and O–H groups in total. The van der Waals surface area contributed by atoms with Crippen LogP contribution in [0.1, 0.15) is 11.1 Å². The Morgan fingerprint density at radius 3 is 2.48 bits per heavy atom. The third-order valence-corrected chi connectivity index (χ3v) is 5.09. The molecule has 1 aromatic heterocycles. The van der Waals surface area contributed by atoms with E-state index in [4.69, 9.17) is 11.5 Å². The van der Waals surface area contributed by atoms with Crippen LogP contribution in [0.5, 0.6) is 5.75 Å². The van der Waals surface area contributed by atoms with Gasteiger partial charge in [-0.15, -0.1) is 0 Å². The summed E-state index contributed by atoms with van der Waals surface area (Å²) in [5.74, 6) is 1.87. The van der Waals surface area contributed by atoms with Crippen LogP contribution in [0.4, 0.5) is 11.6 Å². The average molecular weight is 360 g/mol. The van der Waals surface area contributed by atoms with E-state index in [1.807, 2.05) is 12.1 Å². The molecule has 25 heavy (non-hydrogen) atoms. The van der Waals surface area contributed by atoms with Gasteiger partial charge in [0.05, 0.1) is 0 Å². The minimum Gasteiger partial charge on any atom is -0.508 e. The fraction of sp³-hybridized carbons (Fsp3) is 0.412. The smallest absolute Gasteiger partial charge is 0.191 e. The minimum absolute atomic E-state index is 0.218. The van der Waals surface area contributed by atoms with Gasteiger partial charge < -0.3 is 21.9 Å². The Hall–Kier alpha value is -2.03. The van der Waals surface area contributed by atoms with E-state index < -0.39 is 0 Å². The van der Waals surface area contributed by atoms with Crippen LogP contribution in [-0.2, 0) is 6.42 Å². The van der Waals surface area contributed by atoms with Gasteiger partial charge in [0.1, 0.15) is 17.4 Å². The highest BCUT2D eigenvalue weighted by Gasteiger charge is 2.14. The molecule has 0 bridgehead atoms. The van der Waals surface area contributed by atoms with Crippen molar-refractivity contribution in [2.45, 2.75) is 11.6 Å². The molecular formula is C17H24N6OS. The first kappa shape index (κ1) is 17.8. The number of nitrogens with one attached hydrogen (secondary N) is 1. The number of nitrogen functional groups attached to an aromatic ring is 2. The molecule has 0 aliphatic carbocycles. The molecule has 8 heteroatoms. The Kier molecular flexibility index (Phi) is 5.95. The standard InChI is InChI=1S/C17H24N6OS/c18-15-13(11-12-3-1-2-4-14(12)24)16(19)22-17(21-15)25-10-9-23-7-5-20-6-8-23/h1-4,20,24H,5-11H2,(H4,18,19,21,22). The fourth-order valence-corrected chi connectivity index (χ4v) is 3.65. The van der Waals surface area contributed by atoms with Crippen LogP contribution >= 0.6 is 11.8 Å². The molecule has 1 aliphatic heterocycles. The molecule has 0 atom stereocenters. The maximum Gasteiger partial charge on any atom is 0.191 e. The van der Waals surface area contributed by atoms with Crippen molar-refractivity contribution in [1.29, 1.82) is 0 Å². The lowest BCUT2D eigenvalue weighted by Crippen LogP contribution is -2.44. The fourth-order valence-electron chi connectivity index (χ4n) is 2.79. The third kappa shape index (κ3) is 4.75. The number of nitrogens with two attached hydrogens (primary N) is 2. The quantitative estimate of drug-likeness (QED) is 0.445. The summed E-state index contributed by atoms with van der Waals surface area (Å²) in [5, 5.41) is 13.9. The molecule has 1 aliphatic rings. The molecule has 0 amide bonds. The van der Waals surface area contributed by atoms with Crippen molar-refractivity contribution in [3.8, 4) is 5.75 Å². The number of piperazine rings is 1. The van der Waals surface area contributed by atoms with Gasteiger partial charge in [-0.1, -0.05) is 30.0 Å². The van der Waals surface area contributed by atoms with Crippen molar-refractivity contribution < 1.29 is 5.11 Å². The van der Waals surface area contributed by atoms with Crippen LogP contribution in [0, 0.1) is 0 Å². The minimum atomic E-state index is 0.218. The highest BCUT2D eigenvalue weighted by Crippen LogP contribution is 2.27. The number of thioether (sulfide) groups is 1. The van der Waals surface area contributed by atoms with Gasteiger partial charge in [-0.3, -0.25) is 4.90 Å². The van der Waals surface area contributed by atoms with E-state index in [0.29, 0.717) is 28.8 Å². The summed E-state index contributed by atoms with van der Waals surface area (Å²) < 4.78 is 0. The normalized spacial score (nSPS) is 15.4. The zero-order valence-corrected chi connectivity index (χ0v) is 14.9. The lowest BCUT2D eigenvalue weighted by molar-refractivity contribution is 0.255. The lowest BCUT2D eigenvalue weighted by atomic mass is 10.1. The molecule has 2 heterocycles. The van der Waals surface area contributed by atoms with Crippen LogP contribution in [0.3, 0.4) is 0 Å². The van der Waals surface area contributed by atoms with Crippen LogP contribution in [0.15, 0.2) is 29.4 Å². The number of benzene rings is 1. The van der Waals surface area contributed by atoms with Crippen LogP contribution in [-0.4, -0.2) is 58.5 Å². The van der Waals surface area contributed by atoms with Gasteiger partial charge in [0.25, 0.3) is 0 Å². The number of aromatic nitrogens is 2. The summed E-state index contributed by atoms with van der Waals surface area (Å²) in [6.07, 6.45) is 0.413. The SMILES string of the molecule is Nc1nc(SCCN2CCNCC2)nc(N)c1Cc1ccccc1O. The molecule has 134 valence electrons. The third-order valence-electron chi connectivity index (χ3n) is 4.26. The topological polar surface area (TPSA) is 113 Å². The molecule has 0 saturated carbocycles. The molecule has 0 radical (unpaired) electrons. The first-order valence-electron chi connectivity index (χ1n) is 8.38. The molecule has 3 rings (SSSR count). The van der Waals surface area contributed by atoms with Gasteiger partial charge >= 0.3 is 0 Å². The first-order chi connectivity index (χ1) is 12.1. The molecule has 1 fully saturated rings. The van der Waals surface area contributed by atoms with Gasteiger partial charge in [0.2, 0.25) is 0 Å². The Balaban J connectivity index is 1.62.